The van der Waals surface area contributed by atoms with E-state index in [4.69, 9.17) is 0 Å². The van der Waals surface area contributed by atoms with Crippen molar-refractivity contribution < 1.29 is 13.2 Å². The summed E-state index contributed by atoms with van der Waals surface area (Å²) in [6.07, 6.45) is -1.32. The number of hydrogen-bond donors (Lipinski definition) is 1. The summed E-state index contributed by atoms with van der Waals surface area (Å²) in [7, 11) is 0. The smallest absolute Gasteiger partial charge is 0.298 e. The van der Waals surface area contributed by atoms with E-state index in [1.807, 2.05) is 0 Å². The normalized spacial score (nSPS) is 39.0. The average Bonchev–Trinajstić information content (AvgIpc) is 2.79. The van der Waals surface area contributed by atoms with Gasteiger partial charge in [0.05, 0.1) is 0 Å². The molecule has 4 rings (SSSR count). The van der Waals surface area contributed by atoms with E-state index in [0.717, 1.165) is 29.6 Å². The van der Waals surface area contributed by atoms with Gasteiger partial charge >= 0.3 is 6.18 Å². The maximum atomic E-state index is 12.6. The van der Waals surface area contributed by atoms with Crippen LogP contribution in [0.25, 0.3) is 0 Å². The Morgan fingerprint density at radius 3 is 2.62 bits per heavy atom. The molecule has 0 bridgehead atoms. The molecule has 0 radical (unpaired) electrons. The minimum absolute atomic E-state index is 0.0432. The second-order valence-corrected chi connectivity index (χ2v) is 7.57. The number of hydrogen-bond acceptors (Lipinski definition) is 1. The minimum Gasteiger partial charge on any atom is -0.298 e. The fourth-order valence-corrected chi connectivity index (χ4v) is 6.01. The lowest BCUT2D eigenvalue weighted by atomic mass is 9.83. The zero-order valence-corrected chi connectivity index (χ0v) is 12.4. The third-order valence-electron chi connectivity index (χ3n) is 7.03. The highest BCUT2D eigenvalue weighted by Gasteiger charge is 2.87. The number of nitrogens with zero attached hydrogens (tertiary/aromatic N) is 1. The average molecular weight is 300 g/mol. The number of aromatic nitrogens is 2. The van der Waals surface area contributed by atoms with Crippen LogP contribution in [0.15, 0.2) is 4.79 Å². The summed E-state index contributed by atoms with van der Waals surface area (Å²) >= 11 is 0. The van der Waals surface area contributed by atoms with Crippen LogP contribution in [-0.2, 0) is 12.0 Å². The van der Waals surface area contributed by atoms with Gasteiger partial charge in [-0.3, -0.25) is 9.89 Å². The van der Waals surface area contributed by atoms with Crippen molar-refractivity contribution in [2.75, 3.05) is 0 Å². The molecule has 0 saturated heterocycles. The number of halogens is 3. The Labute approximate surface area is 120 Å². The Balaban J connectivity index is 1.89. The summed E-state index contributed by atoms with van der Waals surface area (Å²) in [4.78, 5) is 12.4. The van der Waals surface area contributed by atoms with Gasteiger partial charge in [0.1, 0.15) is 6.54 Å². The van der Waals surface area contributed by atoms with Crippen LogP contribution >= 0.6 is 0 Å². The van der Waals surface area contributed by atoms with Crippen LogP contribution in [0.4, 0.5) is 13.2 Å². The van der Waals surface area contributed by atoms with E-state index in [2.05, 4.69) is 25.9 Å². The van der Waals surface area contributed by atoms with Gasteiger partial charge in [-0.15, -0.1) is 0 Å². The standard InChI is InChI=1S/C15H19F3N2O/c1-12(2)13(3)10-9(8-5-4-6-14(8,12)13)11(21)20(19-10)7-15(16,17)18/h8,19H,4-7H2,1-3H3/t8?,13-,14?/m0/s1. The highest BCUT2D eigenvalue weighted by Crippen LogP contribution is 2.90. The second-order valence-electron chi connectivity index (χ2n) is 7.57. The summed E-state index contributed by atoms with van der Waals surface area (Å²) in [5.74, 6) is 0.130. The van der Waals surface area contributed by atoms with Gasteiger partial charge in [0.25, 0.3) is 5.56 Å². The molecule has 2 fully saturated rings. The lowest BCUT2D eigenvalue weighted by Crippen LogP contribution is -2.29. The van der Waals surface area contributed by atoms with Gasteiger partial charge in [0.2, 0.25) is 0 Å². The number of H-pyrrole nitrogens is 1. The first-order valence-electron chi connectivity index (χ1n) is 7.48. The van der Waals surface area contributed by atoms with Gasteiger partial charge in [-0.1, -0.05) is 27.2 Å². The molecule has 3 atom stereocenters. The summed E-state index contributed by atoms with van der Waals surface area (Å²) in [6.45, 7) is 5.27. The van der Waals surface area contributed by atoms with Crippen LogP contribution in [0.1, 0.15) is 57.2 Å². The SMILES string of the molecule is CC1(C)C23CCCC2c2c([nH]n(CC(F)(F)F)c2=O)[C@@]13C. The van der Waals surface area contributed by atoms with Crippen molar-refractivity contribution in [3.8, 4) is 0 Å². The first-order chi connectivity index (χ1) is 9.58. The van der Waals surface area contributed by atoms with E-state index in [9.17, 15) is 18.0 Å². The molecule has 0 amide bonds. The van der Waals surface area contributed by atoms with Gasteiger partial charge in [0, 0.05) is 16.7 Å². The third-order valence-corrected chi connectivity index (χ3v) is 7.03. The molecule has 3 nitrogen and oxygen atoms in total. The van der Waals surface area contributed by atoms with E-state index in [1.54, 1.807) is 0 Å². The van der Waals surface area contributed by atoms with E-state index in [-0.39, 0.29) is 22.2 Å². The summed E-state index contributed by atoms with van der Waals surface area (Å²) < 4.78 is 38.6. The fourth-order valence-electron chi connectivity index (χ4n) is 6.01. The number of nitrogens with one attached hydrogen (secondary N) is 1. The molecule has 2 saturated carbocycles. The second kappa shape index (κ2) is 3.25. The van der Waals surface area contributed by atoms with E-state index in [0.29, 0.717) is 5.56 Å². The Morgan fingerprint density at radius 2 is 2.00 bits per heavy atom. The molecule has 0 aliphatic heterocycles. The van der Waals surface area contributed by atoms with Crippen molar-refractivity contribution >= 4 is 0 Å². The molecule has 0 aromatic carbocycles. The quantitative estimate of drug-likeness (QED) is 0.849. The molecule has 2 unspecified atom stereocenters. The molecular weight excluding hydrogens is 281 g/mol. The zero-order chi connectivity index (χ0) is 15.4. The van der Waals surface area contributed by atoms with Crippen LogP contribution in [0, 0.1) is 10.8 Å². The summed E-state index contributed by atoms with van der Waals surface area (Å²) in [5.41, 5.74) is 0.883. The summed E-state index contributed by atoms with van der Waals surface area (Å²) in [5, 5.41) is 2.81. The van der Waals surface area contributed by atoms with Gasteiger partial charge in [-0.2, -0.15) is 13.2 Å². The topological polar surface area (TPSA) is 37.8 Å². The Hall–Kier alpha value is -1.20. The van der Waals surface area contributed by atoms with Gasteiger partial charge in [-0.25, -0.2) is 4.68 Å². The van der Waals surface area contributed by atoms with Gasteiger partial charge < -0.3 is 0 Å². The molecular formula is C15H19F3N2O. The first kappa shape index (κ1) is 13.5. The van der Waals surface area contributed by atoms with Crippen LogP contribution in [0.5, 0.6) is 0 Å². The molecule has 6 heteroatoms. The minimum atomic E-state index is -4.38. The van der Waals surface area contributed by atoms with E-state index < -0.39 is 18.3 Å². The Bertz CT molecular complexity index is 699. The van der Waals surface area contributed by atoms with Crippen LogP contribution in [-0.4, -0.2) is 16.0 Å². The van der Waals surface area contributed by atoms with Crippen molar-refractivity contribution in [1.82, 2.24) is 9.78 Å². The number of alkyl halides is 3. The maximum Gasteiger partial charge on any atom is 0.408 e. The molecule has 116 valence electrons. The lowest BCUT2D eigenvalue weighted by Gasteiger charge is -2.20. The molecule has 3 aliphatic rings. The van der Waals surface area contributed by atoms with Crippen molar-refractivity contribution in [2.45, 2.75) is 64.1 Å². The number of rotatable bonds is 1. The molecule has 1 heterocycles. The highest BCUT2D eigenvalue weighted by atomic mass is 19.4. The van der Waals surface area contributed by atoms with Gasteiger partial charge in [0.15, 0.2) is 0 Å². The molecule has 1 N–H and O–H groups in total. The molecule has 3 aliphatic carbocycles. The largest absolute Gasteiger partial charge is 0.408 e. The van der Waals surface area contributed by atoms with Crippen LogP contribution in [0.3, 0.4) is 0 Å². The zero-order valence-electron chi connectivity index (χ0n) is 12.4. The predicted octanol–water partition coefficient (Wildman–Crippen LogP) is 3.30. The molecule has 1 aromatic heterocycles. The predicted molar refractivity (Wildman–Crippen MR) is 71.3 cm³/mol. The molecule has 21 heavy (non-hydrogen) atoms. The number of aromatic amines is 1. The van der Waals surface area contributed by atoms with Crippen molar-refractivity contribution in [2.24, 2.45) is 10.8 Å². The van der Waals surface area contributed by atoms with Crippen molar-refractivity contribution in [3.63, 3.8) is 0 Å². The molecule has 1 aromatic rings. The molecule has 1 spiro atoms. The summed E-state index contributed by atoms with van der Waals surface area (Å²) in [6, 6.07) is 0. The highest BCUT2D eigenvalue weighted by molar-refractivity contribution is 5.56. The van der Waals surface area contributed by atoms with Crippen molar-refractivity contribution in [1.29, 1.82) is 0 Å². The fraction of sp³-hybridized carbons (Fsp3) is 0.800. The monoisotopic (exact) mass is 300 g/mol. The van der Waals surface area contributed by atoms with E-state index >= 15 is 0 Å². The lowest BCUT2D eigenvalue weighted by molar-refractivity contribution is -0.143. The van der Waals surface area contributed by atoms with Crippen molar-refractivity contribution in [3.05, 3.63) is 21.6 Å². The Morgan fingerprint density at radius 1 is 1.33 bits per heavy atom. The maximum absolute atomic E-state index is 12.6. The van der Waals surface area contributed by atoms with Gasteiger partial charge in [-0.05, 0) is 29.6 Å². The number of fused-ring (bicyclic) bond motifs is 3. The van der Waals surface area contributed by atoms with E-state index in [1.165, 1.54) is 0 Å². The van der Waals surface area contributed by atoms with Crippen LogP contribution in [0.2, 0.25) is 0 Å². The Kier molecular flexibility index (Phi) is 2.08. The van der Waals surface area contributed by atoms with Crippen LogP contribution < -0.4 is 5.56 Å². The first-order valence-corrected chi connectivity index (χ1v) is 7.48. The third kappa shape index (κ3) is 1.15.